The second-order valence-corrected chi connectivity index (χ2v) is 5.62. The number of anilines is 1. The third-order valence-corrected chi connectivity index (χ3v) is 3.94. The van der Waals surface area contributed by atoms with Crippen molar-refractivity contribution in [2.24, 2.45) is 0 Å². The van der Waals surface area contributed by atoms with Gasteiger partial charge in [-0.3, -0.25) is 4.79 Å². The Hall–Kier alpha value is -1.81. The second kappa shape index (κ2) is 5.67. The minimum Gasteiger partial charge on any atom is -0.496 e. The topological polar surface area (TPSA) is 52.3 Å². The van der Waals surface area contributed by atoms with Crippen LogP contribution in [0.2, 0.25) is 0 Å². The maximum Gasteiger partial charge on any atom is 0.196 e. The molecule has 0 aliphatic rings. The summed E-state index contributed by atoms with van der Waals surface area (Å²) in [4.78, 5) is 12.6. The predicted molar refractivity (Wildman–Crippen MR) is 84.5 cm³/mol. The molecule has 0 heterocycles. The molecule has 2 aromatic rings. The number of halogens is 1. The van der Waals surface area contributed by atoms with Crippen molar-refractivity contribution in [3.63, 3.8) is 0 Å². The van der Waals surface area contributed by atoms with Gasteiger partial charge in [0.25, 0.3) is 0 Å². The predicted octanol–water partition coefficient (Wildman–Crippen LogP) is 3.89. The van der Waals surface area contributed by atoms with Crippen LogP contribution in [0, 0.1) is 13.8 Å². The molecule has 0 amide bonds. The number of hydrogen-bond acceptors (Lipinski definition) is 3. The Bertz CT molecular complexity index is 660. The van der Waals surface area contributed by atoms with E-state index in [1.165, 1.54) is 0 Å². The number of ketones is 1. The minimum absolute atomic E-state index is 0.0991. The molecule has 2 aromatic carbocycles. The zero-order valence-electron chi connectivity index (χ0n) is 11.7. The van der Waals surface area contributed by atoms with Crippen molar-refractivity contribution in [3.05, 3.63) is 57.1 Å². The van der Waals surface area contributed by atoms with Gasteiger partial charge in [0.1, 0.15) is 5.75 Å². The summed E-state index contributed by atoms with van der Waals surface area (Å²) in [5.74, 6) is 0.466. The Morgan fingerprint density at radius 3 is 2.45 bits per heavy atom. The first-order chi connectivity index (χ1) is 9.42. The van der Waals surface area contributed by atoms with Crippen LogP contribution in [0.1, 0.15) is 27.0 Å². The molecule has 104 valence electrons. The summed E-state index contributed by atoms with van der Waals surface area (Å²) in [7, 11) is 1.56. The van der Waals surface area contributed by atoms with Gasteiger partial charge in [-0.2, -0.15) is 0 Å². The molecule has 0 bridgehead atoms. The van der Waals surface area contributed by atoms with Crippen LogP contribution in [-0.4, -0.2) is 12.9 Å². The van der Waals surface area contributed by atoms with Gasteiger partial charge < -0.3 is 10.5 Å². The molecular weight excluding hydrogens is 318 g/mol. The van der Waals surface area contributed by atoms with Crippen molar-refractivity contribution in [1.29, 1.82) is 0 Å². The van der Waals surface area contributed by atoms with Crippen LogP contribution in [0.5, 0.6) is 5.75 Å². The van der Waals surface area contributed by atoms with Crippen LogP contribution >= 0.6 is 15.9 Å². The largest absolute Gasteiger partial charge is 0.496 e. The van der Waals surface area contributed by atoms with Gasteiger partial charge in [-0.15, -0.1) is 0 Å². The number of aryl methyl sites for hydroxylation is 2. The van der Waals surface area contributed by atoms with Gasteiger partial charge >= 0.3 is 0 Å². The van der Waals surface area contributed by atoms with Crippen molar-refractivity contribution >= 4 is 27.4 Å². The number of methoxy groups -OCH3 is 1. The van der Waals surface area contributed by atoms with Gasteiger partial charge in [-0.25, -0.2) is 0 Å². The van der Waals surface area contributed by atoms with E-state index in [1.807, 2.05) is 32.0 Å². The summed E-state index contributed by atoms with van der Waals surface area (Å²) in [5, 5.41) is 0. The lowest BCUT2D eigenvalue weighted by atomic mass is 9.99. The average Bonchev–Trinajstić information content (AvgIpc) is 2.39. The quantitative estimate of drug-likeness (QED) is 0.684. The van der Waals surface area contributed by atoms with E-state index in [4.69, 9.17) is 10.5 Å². The van der Waals surface area contributed by atoms with E-state index in [-0.39, 0.29) is 5.78 Å². The molecular formula is C16H16BrNO2. The Balaban J connectivity index is 2.55. The Kier molecular flexibility index (Phi) is 4.14. The Labute approximate surface area is 126 Å². The minimum atomic E-state index is -0.0991. The normalized spacial score (nSPS) is 10.4. The zero-order chi connectivity index (χ0) is 14.9. The number of rotatable bonds is 3. The van der Waals surface area contributed by atoms with E-state index >= 15 is 0 Å². The first-order valence-corrected chi connectivity index (χ1v) is 6.97. The van der Waals surface area contributed by atoms with Crippen molar-refractivity contribution < 1.29 is 9.53 Å². The van der Waals surface area contributed by atoms with E-state index < -0.39 is 0 Å². The fraction of sp³-hybridized carbons (Fsp3) is 0.188. The highest BCUT2D eigenvalue weighted by molar-refractivity contribution is 9.10. The molecule has 0 aromatic heterocycles. The third-order valence-electron chi connectivity index (χ3n) is 3.09. The summed E-state index contributed by atoms with van der Waals surface area (Å²) >= 11 is 3.45. The van der Waals surface area contributed by atoms with E-state index in [9.17, 15) is 4.79 Å². The summed E-state index contributed by atoms with van der Waals surface area (Å²) in [6.45, 7) is 3.86. The molecule has 0 spiro atoms. The lowest BCUT2D eigenvalue weighted by molar-refractivity contribution is 0.103. The van der Waals surface area contributed by atoms with E-state index in [2.05, 4.69) is 15.9 Å². The maximum absolute atomic E-state index is 12.6. The molecule has 0 radical (unpaired) electrons. The van der Waals surface area contributed by atoms with Gasteiger partial charge in [-0.1, -0.05) is 15.9 Å². The molecule has 20 heavy (non-hydrogen) atoms. The summed E-state index contributed by atoms with van der Waals surface area (Å²) < 4.78 is 6.19. The number of nitrogens with two attached hydrogens (primary N) is 1. The van der Waals surface area contributed by atoms with Gasteiger partial charge in [0.2, 0.25) is 0 Å². The van der Waals surface area contributed by atoms with Crippen LogP contribution in [-0.2, 0) is 0 Å². The Morgan fingerprint density at radius 1 is 1.15 bits per heavy atom. The zero-order valence-corrected chi connectivity index (χ0v) is 13.2. The highest BCUT2D eigenvalue weighted by atomic mass is 79.9. The van der Waals surface area contributed by atoms with Crippen molar-refractivity contribution in [2.45, 2.75) is 13.8 Å². The number of carbonyl (C=O) groups is 1. The van der Waals surface area contributed by atoms with E-state index in [0.29, 0.717) is 22.6 Å². The fourth-order valence-corrected chi connectivity index (χ4v) is 2.44. The van der Waals surface area contributed by atoms with E-state index in [1.54, 1.807) is 19.2 Å². The van der Waals surface area contributed by atoms with Crippen LogP contribution in [0.4, 0.5) is 5.69 Å². The van der Waals surface area contributed by atoms with Crippen molar-refractivity contribution in [1.82, 2.24) is 0 Å². The number of ether oxygens (including phenoxy) is 1. The SMILES string of the molecule is COc1cc(C)c(Br)cc1C(=O)c1cc(C)cc(N)c1. The number of hydrogen-bond donors (Lipinski definition) is 1. The number of nitrogen functional groups attached to an aromatic ring is 1. The standard InChI is InChI=1S/C16H16BrNO2/c1-9-4-11(7-12(18)5-9)16(19)13-8-14(17)10(2)6-15(13)20-3/h4-8H,18H2,1-3H3. The van der Waals surface area contributed by atoms with Gasteiger partial charge in [0, 0.05) is 15.7 Å². The lowest BCUT2D eigenvalue weighted by Crippen LogP contribution is -2.06. The van der Waals surface area contributed by atoms with Crippen LogP contribution < -0.4 is 10.5 Å². The highest BCUT2D eigenvalue weighted by Crippen LogP contribution is 2.29. The third kappa shape index (κ3) is 2.85. The second-order valence-electron chi connectivity index (χ2n) is 4.76. The first-order valence-electron chi connectivity index (χ1n) is 6.18. The fourth-order valence-electron chi connectivity index (χ4n) is 2.10. The Morgan fingerprint density at radius 2 is 1.85 bits per heavy atom. The molecule has 2 N–H and O–H groups in total. The van der Waals surface area contributed by atoms with E-state index in [0.717, 1.165) is 15.6 Å². The molecule has 0 saturated heterocycles. The van der Waals surface area contributed by atoms with Crippen LogP contribution in [0.25, 0.3) is 0 Å². The average molecular weight is 334 g/mol. The molecule has 3 nitrogen and oxygen atoms in total. The smallest absolute Gasteiger partial charge is 0.196 e. The summed E-state index contributed by atoms with van der Waals surface area (Å²) in [5.41, 5.74) is 9.45. The van der Waals surface area contributed by atoms with Gasteiger partial charge in [0.15, 0.2) is 5.78 Å². The molecule has 0 unspecified atom stereocenters. The van der Waals surface area contributed by atoms with Crippen LogP contribution in [0.3, 0.4) is 0 Å². The molecule has 0 saturated carbocycles. The molecule has 2 rings (SSSR count). The van der Waals surface area contributed by atoms with Gasteiger partial charge in [-0.05, 0) is 55.3 Å². The maximum atomic E-state index is 12.6. The van der Waals surface area contributed by atoms with Crippen molar-refractivity contribution in [3.8, 4) is 5.75 Å². The van der Waals surface area contributed by atoms with Gasteiger partial charge in [0.05, 0.1) is 12.7 Å². The van der Waals surface area contributed by atoms with Crippen LogP contribution in [0.15, 0.2) is 34.8 Å². The highest BCUT2D eigenvalue weighted by Gasteiger charge is 2.17. The molecule has 0 aliphatic carbocycles. The number of benzene rings is 2. The molecule has 0 atom stereocenters. The number of carbonyl (C=O) groups excluding carboxylic acids is 1. The molecule has 4 heteroatoms. The molecule has 0 fully saturated rings. The lowest BCUT2D eigenvalue weighted by Gasteiger charge is -2.11. The molecule has 0 aliphatic heterocycles. The van der Waals surface area contributed by atoms with Crippen molar-refractivity contribution in [2.75, 3.05) is 12.8 Å². The summed E-state index contributed by atoms with van der Waals surface area (Å²) in [6, 6.07) is 8.97. The summed E-state index contributed by atoms with van der Waals surface area (Å²) in [6.07, 6.45) is 0. The monoisotopic (exact) mass is 333 g/mol. The first kappa shape index (κ1) is 14.6.